The van der Waals surface area contributed by atoms with Gasteiger partial charge in [0, 0.05) is 5.92 Å². The molecule has 0 aliphatic heterocycles. The van der Waals surface area contributed by atoms with Crippen LogP contribution < -0.4 is 0 Å². The van der Waals surface area contributed by atoms with E-state index in [1.54, 1.807) is 0 Å². The average molecular weight is 202 g/mol. The molecule has 1 aliphatic rings. The predicted octanol–water partition coefficient (Wildman–Crippen LogP) is 4.02. The third kappa shape index (κ3) is 2.17. The highest BCUT2D eigenvalue weighted by molar-refractivity contribution is 5.37. The maximum absolute atomic E-state index is 12.8. The molecule has 1 aliphatic carbocycles. The molecule has 0 aromatic heterocycles. The van der Waals surface area contributed by atoms with Crippen molar-refractivity contribution in [1.29, 1.82) is 0 Å². The van der Waals surface area contributed by atoms with E-state index in [0.717, 1.165) is 12.0 Å². The SMILES string of the molecule is CC1=CC=C(CF)C(c2ccccc2)C1. The minimum Gasteiger partial charge on any atom is -0.246 e. The fourth-order valence-electron chi connectivity index (χ4n) is 2.04. The summed E-state index contributed by atoms with van der Waals surface area (Å²) in [7, 11) is 0. The fraction of sp³-hybridized carbons (Fsp3) is 0.286. The Morgan fingerprint density at radius 2 is 1.93 bits per heavy atom. The summed E-state index contributed by atoms with van der Waals surface area (Å²) in [6.45, 7) is 1.75. The molecule has 1 atom stereocenters. The summed E-state index contributed by atoms with van der Waals surface area (Å²) >= 11 is 0. The zero-order valence-corrected chi connectivity index (χ0v) is 8.91. The Labute approximate surface area is 90.1 Å². The van der Waals surface area contributed by atoms with E-state index in [4.69, 9.17) is 0 Å². The van der Waals surface area contributed by atoms with E-state index in [9.17, 15) is 4.39 Å². The first kappa shape index (κ1) is 10.2. The van der Waals surface area contributed by atoms with E-state index < -0.39 is 0 Å². The van der Waals surface area contributed by atoms with E-state index in [1.807, 2.05) is 30.4 Å². The Balaban J connectivity index is 2.31. The van der Waals surface area contributed by atoms with Crippen LogP contribution in [0.5, 0.6) is 0 Å². The zero-order chi connectivity index (χ0) is 10.7. The van der Waals surface area contributed by atoms with Crippen LogP contribution in [0.1, 0.15) is 24.8 Å². The normalized spacial score (nSPS) is 20.8. The van der Waals surface area contributed by atoms with E-state index in [1.165, 1.54) is 11.1 Å². The molecule has 0 saturated carbocycles. The molecule has 0 N–H and O–H groups in total. The van der Waals surface area contributed by atoms with Crippen LogP contribution in [0.25, 0.3) is 0 Å². The lowest BCUT2D eigenvalue weighted by molar-refractivity contribution is 0.514. The summed E-state index contributed by atoms with van der Waals surface area (Å²) in [5.74, 6) is 0.237. The second kappa shape index (κ2) is 4.43. The molecule has 78 valence electrons. The minimum absolute atomic E-state index is 0.237. The number of halogens is 1. The van der Waals surface area contributed by atoms with Gasteiger partial charge in [-0.25, -0.2) is 4.39 Å². The van der Waals surface area contributed by atoms with Crippen molar-refractivity contribution < 1.29 is 4.39 Å². The summed E-state index contributed by atoms with van der Waals surface area (Å²) < 4.78 is 12.8. The summed E-state index contributed by atoms with van der Waals surface area (Å²) in [5.41, 5.74) is 3.43. The number of allylic oxidation sites excluding steroid dienone is 4. The smallest absolute Gasteiger partial charge is 0.111 e. The molecule has 0 amide bonds. The van der Waals surface area contributed by atoms with Crippen LogP contribution in [0.4, 0.5) is 4.39 Å². The van der Waals surface area contributed by atoms with Gasteiger partial charge in [-0.3, -0.25) is 0 Å². The number of hydrogen-bond donors (Lipinski definition) is 0. The third-order valence-electron chi connectivity index (χ3n) is 2.91. The quantitative estimate of drug-likeness (QED) is 0.679. The van der Waals surface area contributed by atoms with Gasteiger partial charge in [0.1, 0.15) is 6.67 Å². The molecule has 0 radical (unpaired) electrons. The molecule has 1 unspecified atom stereocenters. The van der Waals surface area contributed by atoms with Crippen LogP contribution in [0, 0.1) is 0 Å². The first-order chi connectivity index (χ1) is 7.31. The largest absolute Gasteiger partial charge is 0.246 e. The molecule has 0 spiro atoms. The molecule has 1 aromatic rings. The van der Waals surface area contributed by atoms with E-state index in [-0.39, 0.29) is 12.6 Å². The van der Waals surface area contributed by atoms with Crippen LogP contribution >= 0.6 is 0 Å². The topological polar surface area (TPSA) is 0 Å². The lowest BCUT2D eigenvalue weighted by Gasteiger charge is -2.22. The van der Waals surface area contributed by atoms with Crippen LogP contribution in [-0.2, 0) is 0 Å². The summed E-state index contributed by atoms with van der Waals surface area (Å²) in [5, 5.41) is 0. The van der Waals surface area contributed by atoms with Gasteiger partial charge in [-0.05, 0) is 24.5 Å². The number of alkyl halides is 1. The molecule has 1 heteroatoms. The number of hydrogen-bond acceptors (Lipinski definition) is 0. The summed E-state index contributed by atoms with van der Waals surface area (Å²) in [4.78, 5) is 0. The van der Waals surface area contributed by atoms with E-state index in [0.29, 0.717) is 0 Å². The van der Waals surface area contributed by atoms with Crippen molar-refractivity contribution in [1.82, 2.24) is 0 Å². The fourth-order valence-corrected chi connectivity index (χ4v) is 2.04. The van der Waals surface area contributed by atoms with Gasteiger partial charge in [-0.2, -0.15) is 0 Å². The molecule has 0 fully saturated rings. The number of benzene rings is 1. The van der Waals surface area contributed by atoms with Crippen molar-refractivity contribution >= 4 is 0 Å². The van der Waals surface area contributed by atoms with Gasteiger partial charge in [0.25, 0.3) is 0 Å². The van der Waals surface area contributed by atoms with Gasteiger partial charge in [-0.15, -0.1) is 0 Å². The molecular formula is C14H15F. The second-order valence-electron chi connectivity index (χ2n) is 4.06. The van der Waals surface area contributed by atoms with Crippen LogP contribution in [0.3, 0.4) is 0 Å². The Bertz CT molecular complexity index is 387. The molecule has 2 rings (SSSR count). The second-order valence-corrected chi connectivity index (χ2v) is 4.06. The van der Waals surface area contributed by atoms with Crippen molar-refractivity contribution in [3.8, 4) is 0 Å². The van der Waals surface area contributed by atoms with Gasteiger partial charge >= 0.3 is 0 Å². The van der Waals surface area contributed by atoms with Gasteiger partial charge in [-0.1, -0.05) is 48.1 Å². The molecule has 15 heavy (non-hydrogen) atoms. The zero-order valence-electron chi connectivity index (χ0n) is 8.91. The Kier molecular flexibility index (Phi) is 3.00. The van der Waals surface area contributed by atoms with Crippen molar-refractivity contribution in [3.63, 3.8) is 0 Å². The monoisotopic (exact) mass is 202 g/mol. The Hall–Kier alpha value is -1.37. The maximum atomic E-state index is 12.8. The van der Waals surface area contributed by atoms with Crippen LogP contribution in [0.15, 0.2) is 53.6 Å². The minimum atomic E-state index is -0.344. The summed E-state index contributed by atoms with van der Waals surface area (Å²) in [6.07, 6.45) is 4.89. The molecular weight excluding hydrogens is 187 g/mol. The van der Waals surface area contributed by atoms with Crippen molar-refractivity contribution in [2.75, 3.05) is 6.67 Å². The highest BCUT2D eigenvalue weighted by Gasteiger charge is 2.19. The van der Waals surface area contributed by atoms with Crippen molar-refractivity contribution in [2.45, 2.75) is 19.3 Å². The maximum Gasteiger partial charge on any atom is 0.111 e. The van der Waals surface area contributed by atoms with Crippen LogP contribution in [-0.4, -0.2) is 6.67 Å². The van der Waals surface area contributed by atoms with Gasteiger partial charge in [0.2, 0.25) is 0 Å². The highest BCUT2D eigenvalue weighted by atomic mass is 19.1. The van der Waals surface area contributed by atoms with Gasteiger partial charge in [0.15, 0.2) is 0 Å². The standard InChI is InChI=1S/C14H15F/c1-11-7-8-13(10-15)14(9-11)12-5-3-2-4-6-12/h2-8,14H,9-10H2,1H3. The molecule has 1 aromatic carbocycles. The van der Waals surface area contributed by atoms with E-state index >= 15 is 0 Å². The van der Waals surface area contributed by atoms with Crippen molar-refractivity contribution in [2.24, 2.45) is 0 Å². The van der Waals surface area contributed by atoms with E-state index in [2.05, 4.69) is 19.1 Å². The van der Waals surface area contributed by atoms with Crippen molar-refractivity contribution in [3.05, 3.63) is 59.2 Å². The first-order valence-electron chi connectivity index (χ1n) is 5.28. The predicted molar refractivity (Wildman–Crippen MR) is 61.6 cm³/mol. The van der Waals surface area contributed by atoms with Crippen LogP contribution in [0.2, 0.25) is 0 Å². The molecule has 0 heterocycles. The molecule has 0 saturated heterocycles. The van der Waals surface area contributed by atoms with Gasteiger partial charge < -0.3 is 0 Å². The van der Waals surface area contributed by atoms with Gasteiger partial charge in [0.05, 0.1) is 0 Å². The lowest BCUT2D eigenvalue weighted by Crippen LogP contribution is -2.08. The first-order valence-corrected chi connectivity index (χ1v) is 5.28. The summed E-state index contributed by atoms with van der Waals surface area (Å²) in [6, 6.07) is 10.2. The molecule has 0 nitrogen and oxygen atoms in total. The molecule has 0 bridgehead atoms. The highest BCUT2D eigenvalue weighted by Crippen LogP contribution is 2.34. The Morgan fingerprint density at radius 1 is 1.20 bits per heavy atom. The number of rotatable bonds is 2. The third-order valence-corrected chi connectivity index (χ3v) is 2.91. The average Bonchev–Trinajstić information content (AvgIpc) is 2.30. The Morgan fingerprint density at radius 3 is 2.60 bits per heavy atom. The lowest BCUT2D eigenvalue weighted by atomic mass is 9.83.